The second kappa shape index (κ2) is 3.83. The topological polar surface area (TPSA) is 33.1 Å². The first-order valence-electron chi connectivity index (χ1n) is 4.51. The van der Waals surface area contributed by atoms with Crippen molar-refractivity contribution in [2.75, 3.05) is 0 Å². The third-order valence-electron chi connectivity index (χ3n) is 2.19. The highest BCUT2D eigenvalue weighted by molar-refractivity contribution is 7.15. The number of aromatic hydroxyl groups is 1. The van der Waals surface area contributed by atoms with Crippen molar-refractivity contribution in [3.05, 3.63) is 33.7 Å². The highest BCUT2D eigenvalue weighted by atomic mass is 35.5. The predicted octanol–water partition coefficient (Wildman–Crippen LogP) is 3.79. The van der Waals surface area contributed by atoms with Gasteiger partial charge in [-0.3, -0.25) is 0 Å². The van der Waals surface area contributed by atoms with Gasteiger partial charge in [-0.1, -0.05) is 29.8 Å². The largest absolute Gasteiger partial charge is 0.492 e. The van der Waals surface area contributed by atoms with Crippen molar-refractivity contribution in [3.63, 3.8) is 0 Å². The van der Waals surface area contributed by atoms with E-state index in [1.807, 2.05) is 32.0 Å². The molecule has 0 aliphatic heterocycles. The SMILES string of the molecule is Cc1cccc(-c2nc(O)c(C)s2)c1Cl. The molecule has 2 aromatic rings. The highest BCUT2D eigenvalue weighted by Crippen LogP contribution is 2.36. The molecule has 0 radical (unpaired) electrons. The maximum absolute atomic E-state index is 9.42. The van der Waals surface area contributed by atoms with Crippen LogP contribution in [0.3, 0.4) is 0 Å². The van der Waals surface area contributed by atoms with Crippen LogP contribution in [0.5, 0.6) is 5.88 Å². The van der Waals surface area contributed by atoms with Gasteiger partial charge in [-0.05, 0) is 19.4 Å². The standard InChI is InChI=1S/C11H10ClNOS/c1-6-4-3-5-8(9(6)12)11-13-10(14)7(2)15-11/h3-5,14H,1-2H3. The first-order valence-corrected chi connectivity index (χ1v) is 5.71. The molecule has 78 valence electrons. The van der Waals surface area contributed by atoms with Crippen molar-refractivity contribution in [1.29, 1.82) is 0 Å². The van der Waals surface area contributed by atoms with Gasteiger partial charge in [-0.25, -0.2) is 4.98 Å². The zero-order valence-corrected chi connectivity index (χ0v) is 9.99. The molecule has 2 nitrogen and oxygen atoms in total. The van der Waals surface area contributed by atoms with Gasteiger partial charge in [-0.15, -0.1) is 11.3 Å². The molecule has 0 aliphatic carbocycles. The van der Waals surface area contributed by atoms with Gasteiger partial charge < -0.3 is 5.11 Å². The van der Waals surface area contributed by atoms with Gasteiger partial charge in [0.2, 0.25) is 5.88 Å². The zero-order chi connectivity index (χ0) is 11.0. The summed E-state index contributed by atoms with van der Waals surface area (Å²) in [7, 11) is 0. The number of hydrogen-bond acceptors (Lipinski definition) is 3. The van der Waals surface area contributed by atoms with E-state index < -0.39 is 0 Å². The van der Waals surface area contributed by atoms with E-state index in [4.69, 9.17) is 11.6 Å². The number of benzene rings is 1. The predicted molar refractivity (Wildman–Crippen MR) is 63.7 cm³/mol. The maximum atomic E-state index is 9.42. The van der Waals surface area contributed by atoms with Crippen molar-refractivity contribution >= 4 is 22.9 Å². The number of hydrogen-bond donors (Lipinski definition) is 1. The number of aryl methyl sites for hydroxylation is 2. The van der Waals surface area contributed by atoms with E-state index in [0.29, 0.717) is 5.02 Å². The minimum absolute atomic E-state index is 0.0903. The zero-order valence-electron chi connectivity index (χ0n) is 8.41. The average Bonchev–Trinajstić information content (AvgIpc) is 2.51. The van der Waals surface area contributed by atoms with Crippen molar-refractivity contribution in [2.45, 2.75) is 13.8 Å². The van der Waals surface area contributed by atoms with E-state index >= 15 is 0 Å². The molecular formula is C11H10ClNOS. The van der Waals surface area contributed by atoms with Gasteiger partial charge in [0.25, 0.3) is 0 Å². The van der Waals surface area contributed by atoms with Gasteiger partial charge in [0, 0.05) is 5.56 Å². The monoisotopic (exact) mass is 239 g/mol. The van der Waals surface area contributed by atoms with Crippen LogP contribution < -0.4 is 0 Å². The molecule has 0 bridgehead atoms. The summed E-state index contributed by atoms with van der Waals surface area (Å²) in [5.74, 6) is 0.0903. The van der Waals surface area contributed by atoms with E-state index in [0.717, 1.165) is 21.0 Å². The van der Waals surface area contributed by atoms with Crippen molar-refractivity contribution < 1.29 is 5.11 Å². The molecule has 1 aromatic carbocycles. The molecule has 15 heavy (non-hydrogen) atoms. The molecule has 0 aliphatic rings. The summed E-state index contributed by atoms with van der Waals surface area (Å²) in [5, 5.41) is 10.9. The lowest BCUT2D eigenvalue weighted by Gasteiger charge is -2.02. The van der Waals surface area contributed by atoms with Crippen LogP contribution in [-0.2, 0) is 0 Å². The van der Waals surface area contributed by atoms with Crippen LogP contribution in [-0.4, -0.2) is 10.1 Å². The summed E-state index contributed by atoms with van der Waals surface area (Å²) in [6.07, 6.45) is 0. The number of rotatable bonds is 1. The Balaban J connectivity index is 2.59. The lowest BCUT2D eigenvalue weighted by molar-refractivity contribution is 0.454. The molecule has 0 unspecified atom stereocenters. The summed E-state index contributed by atoms with van der Waals surface area (Å²) in [6.45, 7) is 3.78. The highest BCUT2D eigenvalue weighted by Gasteiger charge is 2.11. The van der Waals surface area contributed by atoms with E-state index in [1.54, 1.807) is 0 Å². The Kier molecular flexibility index (Phi) is 2.67. The Labute approximate surface area is 97.2 Å². The maximum Gasteiger partial charge on any atom is 0.225 e. The molecule has 0 fully saturated rings. The van der Waals surface area contributed by atoms with E-state index in [2.05, 4.69) is 4.98 Å². The van der Waals surface area contributed by atoms with Crippen LogP contribution in [0.4, 0.5) is 0 Å². The summed E-state index contributed by atoms with van der Waals surface area (Å²) in [6, 6.07) is 5.80. The van der Waals surface area contributed by atoms with Crippen LogP contribution >= 0.6 is 22.9 Å². The molecule has 0 saturated carbocycles. The fourth-order valence-electron chi connectivity index (χ4n) is 1.32. The third kappa shape index (κ3) is 1.85. The lowest BCUT2D eigenvalue weighted by Crippen LogP contribution is -1.81. The van der Waals surface area contributed by atoms with Crippen LogP contribution in [0, 0.1) is 13.8 Å². The Morgan fingerprint density at radius 1 is 1.33 bits per heavy atom. The van der Waals surface area contributed by atoms with Gasteiger partial charge in [0.05, 0.1) is 9.90 Å². The molecule has 1 N–H and O–H groups in total. The summed E-state index contributed by atoms with van der Waals surface area (Å²) >= 11 is 7.62. The molecule has 0 saturated heterocycles. The number of thiazole rings is 1. The van der Waals surface area contributed by atoms with E-state index in [1.165, 1.54) is 11.3 Å². The van der Waals surface area contributed by atoms with Gasteiger partial charge >= 0.3 is 0 Å². The Hall–Kier alpha value is -1.06. The molecule has 4 heteroatoms. The molecule has 1 aromatic heterocycles. The minimum atomic E-state index is 0.0903. The second-order valence-corrected chi connectivity index (χ2v) is 4.92. The number of nitrogens with zero attached hydrogens (tertiary/aromatic N) is 1. The average molecular weight is 240 g/mol. The summed E-state index contributed by atoms with van der Waals surface area (Å²) < 4.78 is 0. The molecule has 1 heterocycles. The van der Waals surface area contributed by atoms with Crippen LogP contribution in [0.1, 0.15) is 10.4 Å². The molecular weight excluding hydrogens is 230 g/mol. The Bertz CT molecular complexity index is 488. The Morgan fingerprint density at radius 3 is 2.67 bits per heavy atom. The number of halogens is 1. The molecule has 0 atom stereocenters. The molecule has 0 spiro atoms. The van der Waals surface area contributed by atoms with Crippen LogP contribution in [0.15, 0.2) is 18.2 Å². The quantitative estimate of drug-likeness (QED) is 0.822. The van der Waals surface area contributed by atoms with Crippen LogP contribution in [0.25, 0.3) is 10.6 Å². The fraction of sp³-hybridized carbons (Fsp3) is 0.182. The molecule has 2 rings (SSSR count). The van der Waals surface area contributed by atoms with E-state index in [-0.39, 0.29) is 5.88 Å². The Morgan fingerprint density at radius 2 is 2.07 bits per heavy atom. The van der Waals surface area contributed by atoms with Gasteiger partial charge in [0.15, 0.2) is 0 Å². The minimum Gasteiger partial charge on any atom is -0.492 e. The number of aromatic nitrogens is 1. The van der Waals surface area contributed by atoms with Crippen molar-refractivity contribution in [3.8, 4) is 16.5 Å². The van der Waals surface area contributed by atoms with Gasteiger partial charge in [0.1, 0.15) is 5.01 Å². The second-order valence-electron chi connectivity index (χ2n) is 3.34. The first-order chi connectivity index (χ1) is 7.09. The van der Waals surface area contributed by atoms with Crippen molar-refractivity contribution in [2.24, 2.45) is 0 Å². The van der Waals surface area contributed by atoms with Crippen LogP contribution in [0.2, 0.25) is 5.02 Å². The van der Waals surface area contributed by atoms with Crippen molar-refractivity contribution in [1.82, 2.24) is 4.98 Å². The van der Waals surface area contributed by atoms with Gasteiger partial charge in [-0.2, -0.15) is 0 Å². The fourth-order valence-corrected chi connectivity index (χ4v) is 2.43. The van der Waals surface area contributed by atoms with E-state index in [9.17, 15) is 5.11 Å². The summed E-state index contributed by atoms with van der Waals surface area (Å²) in [4.78, 5) is 4.88. The smallest absolute Gasteiger partial charge is 0.225 e. The summed E-state index contributed by atoms with van der Waals surface area (Å²) in [5.41, 5.74) is 1.89. The normalized spacial score (nSPS) is 10.6. The first kappa shape index (κ1) is 10.5. The molecule has 0 amide bonds. The lowest BCUT2D eigenvalue weighted by atomic mass is 10.1. The third-order valence-corrected chi connectivity index (χ3v) is 3.69.